The van der Waals surface area contributed by atoms with Gasteiger partial charge in [0.25, 0.3) is 10.2 Å². The second-order valence-electron chi connectivity index (χ2n) is 4.46. The van der Waals surface area contributed by atoms with Gasteiger partial charge in [-0.2, -0.15) is 17.0 Å². The van der Waals surface area contributed by atoms with Crippen molar-refractivity contribution >= 4 is 10.2 Å². The lowest BCUT2D eigenvalue weighted by molar-refractivity contribution is 0.221. The van der Waals surface area contributed by atoms with Crippen LogP contribution in [0.25, 0.3) is 0 Å². The first kappa shape index (κ1) is 11.3. The van der Waals surface area contributed by atoms with Gasteiger partial charge in [-0.15, -0.1) is 0 Å². The Morgan fingerprint density at radius 3 is 2.73 bits per heavy atom. The second kappa shape index (κ2) is 4.01. The Bertz CT molecular complexity index is 328. The first-order valence-electron chi connectivity index (χ1n) is 5.46. The van der Waals surface area contributed by atoms with Crippen molar-refractivity contribution in [3.05, 3.63) is 0 Å². The van der Waals surface area contributed by atoms with Crippen LogP contribution in [-0.4, -0.2) is 56.3 Å². The molecular formula is C9H19N3O2S. The summed E-state index contributed by atoms with van der Waals surface area (Å²) in [5, 5.41) is 3.40. The Labute approximate surface area is 91.6 Å². The van der Waals surface area contributed by atoms with Crippen LogP contribution < -0.4 is 5.32 Å². The maximum Gasteiger partial charge on any atom is 0.281 e. The Balaban J connectivity index is 2.21. The van der Waals surface area contributed by atoms with E-state index in [1.54, 1.807) is 18.4 Å². The lowest BCUT2D eigenvalue weighted by Crippen LogP contribution is -2.59. The molecule has 0 aromatic rings. The molecule has 1 aliphatic heterocycles. The van der Waals surface area contributed by atoms with E-state index in [9.17, 15) is 8.42 Å². The number of nitrogens with zero attached hydrogens (tertiary/aromatic N) is 2. The first-order chi connectivity index (χ1) is 7.03. The van der Waals surface area contributed by atoms with Crippen molar-refractivity contribution in [2.45, 2.75) is 31.3 Å². The monoisotopic (exact) mass is 233 g/mol. The van der Waals surface area contributed by atoms with Gasteiger partial charge in [0.05, 0.1) is 0 Å². The minimum Gasteiger partial charge on any atom is -0.311 e. The molecule has 2 unspecified atom stereocenters. The molecule has 88 valence electrons. The molecule has 0 aromatic carbocycles. The van der Waals surface area contributed by atoms with Gasteiger partial charge in [-0.1, -0.05) is 6.42 Å². The SMILES string of the molecule is CN(C)S(=O)(=O)N1CCNC2CCCC21. The summed E-state index contributed by atoms with van der Waals surface area (Å²) in [7, 11) is -0.0304. The molecule has 1 heterocycles. The van der Waals surface area contributed by atoms with Crippen LogP contribution in [-0.2, 0) is 10.2 Å². The molecule has 2 atom stereocenters. The summed E-state index contributed by atoms with van der Waals surface area (Å²) in [6, 6.07) is 0.541. The zero-order valence-corrected chi connectivity index (χ0v) is 10.1. The Kier molecular flexibility index (Phi) is 3.03. The topological polar surface area (TPSA) is 52.7 Å². The third kappa shape index (κ3) is 1.91. The van der Waals surface area contributed by atoms with E-state index in [-0.39, 0.29) is 6.04 Å². The van der Waals surface area contributed by atoms with Crippen LogP contribution in [0.5, 0.6) is 0 Å². The van der Waals surface area contributed by atoms with Crippen molar-refractivity contribution in [3.8, 4) is 0 Å². The van der Waals surface area contributed by atoms with E-state index in [1.165, 1.54) is 4.31 Å². The molecular weight excluding hydrogens is 214 g/mol. The Morgan fingerprint density at radius 2 is 2.07 bits per heavy atom. The molecule has 1 saturated heterocycles. The average Bonchev–Trinajstić information content (AvgIpc) is 2.64. The highest BCUT2D eigenvalue weighted by Gasteiger charge is 2.41. The van der Waals surface area contributed by atoms with Crippen LogP contribution in [0.4, 0.5) is 0 Å². The van der Waals surface area contributed by atoms with Crippen molar-refractivity contribution in [2.24, 2.45) is 0 Å². The van der Waals surface area contributed by atoms with Crippen molar-refractivity contribution in [1.29, 1.82) is 0 Å². The molecule has 15 heavy (non-hydrogen) atoms. The van der Waals surface area contributed by atoms with Crippen LogP contribution in [0.2, 0.25) is 0 Å². The number of rotatable bonds is 2. The lowest BCUT2D eigenvalue weighted by atomic mass is 10.1. The van der Waals surface area contributed by atoms with Gasteiger partial charge in [0.1, 0.15) is 0 Å². The predicted molar refractivity (Wildman–Crippen MR) is 58.7 cm³/mol. The van der Waals surface area contributed by atoms with Gasteiger partial charge >= 0.3 is 0 Å². The zero-order chi connectivity index (χ0) is 11.1. The lowest BCUT2D eigenvalue weighted by Gasteiger charge is -2.38. The summed E-state index contributed by atoms with van der Waals surface area (Å²) < 4.78 is 27.1. The molecule has 2 aliphatic rings. The second-order valence-corrected chi connectivity index (χ2v) is 6.55. The van der Waals surface area contributed by atoms with Crippen molar-refractivity contribution in [2.75, 3.05) is 27.2 Å². The number of fused-ring (bicyclic) bond motifs is 1. The molecule has 1 N–H and O–H groups in total. The van der Waals surface area contributed by atoms with Crippen LogP contribution in [0.15, 0.2) is 0 Å². The molecule has 6 heteroatoms. The van der Waals surface area contributed by atoms with E-state index in [2.05, 4.69) is 5.32 Å². The molecule has 1 saturated carbocycles. The van der Waals surface area contributed by atoms with Crippen LogP contribution in [0.3, 0.4) is 0 Å². The fraction of sp³-hybridized carbons (Fsp3) is 1.00. The molecule has 0 amide bonds. The Hall–Kier alpha value is -0.170. The number of hydrogen-bond donors (Lipinski definition) is 1. The molecule has 0 radical (unpaired) electrons. The molecule has 0 aromatic heterocycles. The molecule has 0 spiro atoms. The van der Waals surface area contributed by atoms with Crippen LogP contribution >= 0.6 is 0 Å². The molecule has 2 rings (SSSR count). The summed E-state index contributed by atoms with van der Waals surface area (Å²) in [6.07, 6.45) is 3.22. The fourth-order valence-corrected chi connectivity index (χ4v) is 3.88. The van der Waals surface area contributed by atoms with E-state index < -0.39 is 10.2 Å². The van der Waals surface area contributed by atoms with Gasteiger partial charge < -0.3 is 5.32 Å². The molecule has 0 bridgehead atoms. The minimum atomic E-state index is -3.23. The summed E-state index contributed by atoms with van der Waals surface area (Å²) in [5.41, 5.74) is 0. The number of hydrogen-bond acceptors (Lipinski definition) is 3. The van der Waals surface area contributed by atoms with Gasteiger partial charge in [-0.3, -0.25) is 0 Å². The largest absolute Gasteiger partial charge is 0.311 e. The van der Waals surface area contributed by atoms with Gasteiger partial charge in [-0.05, 0) is 12.8 Å². The standard InChI is InChI=1S/C9H19N3O2S/c1-11(2)15(13,14)12-7-6-10-8-4-3-5-9(8)12/h8-10H,3-7H2,1-2H3. The van der Waals surface area contributed by atoms with Crippen LogP contribution in [0, 0.1) is 0 Å². The number of nitrogens with one attached hydrogen (secondary N) is 1. The highest BCUT2D eigenvalue weighted by Crippen LogP contribution is 2.28. The van der Waals surface area contributed by atoms with Gasteiger partial charge in [0, 0.05) is 39.3 Å². The van der Waals surface area contributed by atoms with E-state index in [0.29, 0.717) is 12.6 Å². The van der Waals surface area contributed by atoms with Crippen molar-refractivity contribution in [3.63, 3.8) is 0 Å². The summed E-state index contributed by atoms with van der Waals surface area (Å²) in [6.45, 7) is 1.37. The maximum atomic E-state index is 12.1. The fourth-order valence-electron chi connectivity index (χ4n) is 2.55. The molecule has 2 fully saturated rings. The van der Waals surface area contributed by atoms with E-state index in [0.717, 1.165) is 25.8 Å². The average molecular weight is 233 g/mol. The van der Waals surface area contributed by atoms with Gasteiger partial charge in [-0.25, -0.2) is 0 Å². The Morgan fingerprint density at radius 1 is 1.33 bits per heavy atom. The quantitative estimate of drug-likeness (QED) is 0.707. The first-order valence-corrected chi connectivity index (χ1v) is 6.86. The zero-order valence-electron chi connectivity index (χ0n) is 9.31. The summed E-state index contributed by atoms with van der Waals surface area (Å²) >= 11 is 0. The molecule has 1 aliphatic carbocycles. The minimum absolute atomic E-state index is 0.172. The van der Waals surface area contributed by atoms with Crippen molar-refractivity contribution in [1.82, 2.24) is 13.9 Å². The van der Waals surface area contributed by atoms with E-state index in [4.69, 9.17) is 0 Å². The predicted octanol–water partition coefficient (Wildman–Crippen LogP) is -0.381. The number of piperazine rings is 1. The van der Waals surface area contributed by atoms with Gasteiger partial charge in [0.15, 0.2) is 0 Å². The molecule has 5 nitrogen and oxygen atoms in total. The summed E-state index contributed by atoms with van der Waals surface area (Å²) in [4.78, 5) is 0. The smallest absolute Gasteiger partial charge is 0.281 e. The highest BCUT2D eigenvalue weighted by atomic mass is 32.2. The highest BCUT2D eigenvalue weighted by molar-refractivity contribution is 7.86. The maximum absolute atomic E-state index is 12.1. The third-order valence-corrected chi connectivity index (χ3v) is 5.31. The van der Waals surface area contributed by atoms with Gasteiger partial charge in [0.2, 0.25) is 0 Å². The third-order valence-electron chi connectivity index (χ3n) is 3.35. The summed E-state index contributed by atoms with van der Waals surface area (Å²) in [5.74, 6) is 0. The van der Waals surface area contributed by atoms with Crippen molar-refractivity contribution < 1.29 is 8.42 Å². The van der Waals surface area contributed by atoms with E-state index >= 15 is 0 Å². The van der Waals surface area contributed by atoms with E-state index in [1.807, 2.05) is 0 Å². The normalized spacial score (nSPS) is 33.3. The van der Waals surface area contributed by atoms with Crippen LogP contribution in [0.1, 0.15) is 19.3 Å².